The summed E-state index contributed by atoms with van der Waals surface area (Å²) in [5.74, 6) is 0.657. The molecule has 0 bridgehead atoms. The molecule has 0 radical (unpaired) electrons. The van der Waals surface area contributed by atoms with Crippen LogP contribution in [0.25, 0.3) is 10.9 Å². The highest BCUT2D eigenvalue weighted by molar-refractivity contribution is 7.71. The molecule has 1 amide bonds. The Labute approximate surface area is 139 Å². The monoisotopic (exact) mass is 331 g/mol. The fourth-order valence-electron chi connectivity index (χ4n) is 3.18. The molecule has 5 nitrogen and oxygen atoms in total. The van der Waals surface area contributed by atoms with Gasteiger partial charge in [0.1, 0.15) is 0 Å². The number of benzene rings is 1. The van der Waals surface area contributed by atoms with Crippen molar-refractivity contribution in [2.75, 3.05) is 13.1 Å². The Morgan fingerprint density at radius 3 is 2.96 bits per heavy atom. The largest absolute Gasteiger partial charge is 0.342 e. The minimum absolute atomic E-state index is 0.103. The second kappa shape index (κ2) is 6.66. The molecule has 23 heavy (non-hydrogen) atoms. The van der Waals surface area contributed by atoms with Crippen molar-refractivity contribution in [3.63, 3.8) is 0 Å². The Morgan fingerprint density at radius 2 is 2.17 bits per heavy atom. The number of para-hydroxylation sites is 1. The van der Waals surface area contributed by atoms with Crippen LogP contribution in [-0.2, 0) is 11.3 Å². The van der Waals surface area contributed by atoms with Crippen LogP contribution in [0.5, 0.6) is 0 Å². The lowest BCUT2D eigenvalue weighted by Crippen LogP contribution is -2.39. The second-order valence-electron chi connectivity index (χ2n) is 6.27. The van der Waals surface area contributed by atoms with Crippen molar-refractivity contribution in [1.29, 1.82) is 0 Å². The molecule has 2 heterocycles. The topological polar surface area (TPSA) is 58.1 Å². The van der Waals surface area contributed by atoms with Crippen LogP contribution in [-0.4, -0.2) is 33.4 Å². The predicted molar refractivity (Wildman–Crippen MR) is 93.0 cm³/mol. The van der Waals surface area contributed by atoms with Gasteiger partial charge in [0.15, 0.2) is 4.77 Å². The lowest BCUT2D eigenvalue weighted by Gasteiger charge is -2.31. The van der Waals surface area contributed by atoms with Gasteiger partial charge in [-0.15, -0.1) is 0 Å². The van der Waals surface area contributed by atoms with Crippen LogP contribution in [0.3, 0.4) is 0 Å². The number of carbonyl (C=O) groups excluding carboxylic acids is 1. The minimum Gasteiger partial charge on any atom is -0.342 e. The van der Waals surface area contributed by atoms with E-state index in [1.54, 1.807) is 6.07 Å². The lowest BCUT2D eigenvalue weighted by molar-refractivity contribution is -0.133. The van der Waals surface area contributed by atoms with Crippen LogP contribution in [0.15, 0.2) is 29.1 Å². The Balaban J connectivity index is 1.78. The average molecular weight is 331 g/mol. The van der Waals surface area contributed by atoms with Crippen molar-refractivity contribution in [3.05, 3.63) is 39.4 Å². The summed E-state index contributed by atoms with van der Waals surface area (Å²) in [7, 11) is 0. The number of hydrogen-bond acceptors (Lipinski definition) is 3. The molecule has 2 aromatic rings. The van der Waals surface area contributed by atoms with Gasteiger partial charge in [-0.1, -0.05) is 19.1 Å². The van der Waals surface area contributed by atoms with Crippen molar-refractivity contribution < 1.29 is 4.79 Å². The van der Waals surface area contributed by atoms with Gasteiger partial charge in [-0.2, -0.15) is 0 Å². The van der Waals surface area contributed by atoms with Gasteiger partial charge in [0.25, 0.3) is 5.56 Å². The maximum Gasteiger partial charge on any atom is 0.262 e. The summed E-state index contributed by atoms with van der Waals surface area (Å²) < 4.78 is 1.86. The number of piperidine rings is 1. The van der Waals surface area contributed by atoms with E-state index in [0.717, 1.165) is 25.0 Å². The van der Waals surface area contributed by atoms with Crippen molar-refractivity contribution in [2.24, 2.45) is 5.92 Å². The van der Waals surface area contributed by atoms with Gasteiger partial charge in [-0.05, 0) is 43.1 Å². The SMILES string of the molecule is CC1CCCN(C(=O)CCn2c(=S)[nH]c3ccccc3c2=O)C1. The number of aromatic amines is 1. The molecule has 1 atom stereocenters. The molecular formula is C17H21N3O2S. The van der Waals surface area contributed by atoms with E-state index in [1.165, 1.54) is 11.0 Å². The lowest BCUT2D eigenvalue weighted by atomic mass is 10.00. The second-order valence-corrected chi connectivity index (χ2v) is 6.66. The van der Waals surface area contributed by atoms with Gasteiger partial charge in [0, 0.05) is 26.1 Å². The molecule has 1 unspecified atom stereocenters. The van der Waals surface area contributed by atoms with E-state index in [0.29, 0.717) is 29.0 Å². The summed E-state index contributed by atoms with van der Waals surface area (Å²) in [6.07, 6.45) is 2.55. The van der Waals surface area contributed by atoms with Crippen LogP contribution < -0.4 is 5.56 Å². The third kappa shape index (κ3) is 3.37. The summed E-state index contributed by atoms with van der Waals surface area (Å²) in [4.78, 5) is 29.9. The first-order valence-corrected chi connectivity index (χ1v) is 8.46. The average Bonchev–Trinajstić information content (AvgIpc) is 2.54. The Morgan fingerprint density at radius 1 is 1.39 bits per heavy atom. The number of amides is 1. The number of carbonyl (C=O) groups is 1. The van der Waals surface area contributed by atoms with E-state index in [2.05, 4.69) is 11.9 Å². The van der Waals surface area contributed by atoms with Crippen LogP contribution in [0.4, 0.5) is 0 Å². The van der Waals surface area contributed by atoms with E-state index in [4.69, 9.17) is 12.2 Å². The zero-order valence-electron chi connectivity index (χ0n) is 13.2. The van der Waals surface area contributed by atoms with E-state index >= 15 is 0 Å². The molecule has 1 saturated heterocycles. The van der Waals surface area contributed by atoms with E-state index < -0.39 is 0 Å². The van der Waals surface area contributed by atoms with Crippen LogP contribution in [0, 0.1) is 10.7 Å². The third-order valence-electron chi connectivity index (χ3n) is 4.45. The number of fused-ring (bicyclic) bond motifs is 1. The number of hydrogen-bond donors (Lipinski definition) is 1. The summed E-state index contributed by atoms with van der Waals surface area (Å²) in [5.41, 5.74) is 0.596. The normalized spacial score (nSPS) is 18.3. The van der Waals surface area contributed by atoms with E-state index in [1.807, 2.05) is 23.1 Å². The van der Waals surface area contributed by atoms with Crippen molar-refractivity contribution >= 4 is 29.0 Å². The molecular weight excluding hydrogens is 310 g/mol. The molecule has 122 valence electrons. The maximum absolute atomic E-state index is 12.5. The molecule has 6 heteroatoms. The summed E-state index contributed by atoms with van der Waals surface area (Å²) >= 11 is 5.28. The third-order valence-corrected chi connectivity index (χ3v) is 4.77. The minimum atomic E-state index is -0.135. The highest BCUT2D eigenvalue weighted by Gasteiger charge is 2.20. The van der Waals surface area contributed by atoms with Crippen molar-refractivity contribution in [2.45, 2.75) is 32.7 Å². The molecule has 0 spiro atoms. The van der Waals surface area contributed by atoms with Gasteiger partial charge in [0.05, 0.1) is 10.9 Å². The smallest absolute Gasteiger partial charge is 0.262 e. The number of rotatable bonds is 3. The van der Waals surface area contributed by atoms with Gasteiger partial charge in [-0.25, -0.2) is 0 Å². The maximum atomic E-state index is 12.5. The number of nitrogens with zero attached hydrogens (tertiary/aromatic N) is 2. The first-order chi connectivity index (χ1) is 11.1. The van der Waals surface area contributed by atoms with Gasteiger partial charge < -0.3 is 9.88 Å². The van der Waals surface area contributed by atoms with Gasteiger partial charge in [0.2, 0.25) is 5.91 Å². The number of H-pyrrole nitrogens is 1. The van der Waals surface area contributed by atoms with E-state index in [-0.39, 0.29) is 11.5 Å². The molecule has 3 rings (SSSR count). The summed E-state index contributed by atoms with van der Waals surface area (Å²) in [6.45, 7) is 4.13. The first kappa shape index (κ1) is 15.9. The Hall–Kier alpha value is -1.95. The number of nitrogens with one attached hydrogen (secondary N) is 1. The molecule has 1 aromatic carbocycles. The fourth-order valence-corrected chi connectivity index (χ4v) is 3.47. The zero-order valence-corrected chi connectivity index (χ0v) is 14.1. The van der Waals surface area contributed by atoms with Crippen molar-refractivity contribution in [1.82, 2.24) is 14.5 Å². The van der Waals surface area contributed by atoms with Crippen molar-refractivity contribution in [3.8, 4) is 0 Å². The molecule has 1 aromatic heterocycles. The zero-order chi connectivity index (χ0) is 16.4. The van der Waals surface area contributed by atoms with Crippen LogP contribution >= 0.6 is 12.2 Å². The highest BCUT2D eigenvalue weighted by atomic mass is 32.1. The summed E-state index contributed by atoms with van der Waals surface area (Å²) in [5, 5.41) is 0.597. The molecule has 1 aliphatic heterocycles. The van der Waals surface area contributed by atoms with Gasteiger partial charge in [-0.3, -0.25) is 14.2 Å². The quantitative estimate of drug-likeness (QED) is 0.880. The highest BCUT2D eigenvalue weighted by Crippen LogP contribution is 2.16. The molecule has 0 aliphatic carbocycles. The molecule has 0 saturated carbocycles. The number of aromatic nitrogens is 2. The Bertz CT molecular complexity index is 840. The van der Waals surface area contributed by atoms with Crippen LogP contribution in [0.2, 0.25) is 0 Å². The first-order valence-electron chi connectivity index (χ1n) is 8.06. The molecule has 1 N–H and O–H groups in total. The van der Waals surface area contributed by atoms with Gasteiger partial charge >= 0.3 is 0 Å². The number of likely N-dealkylation sites (tertiary alicyclic amines) is 1. The Kier molecular flexibility index (Phi) is 4.61. The van der Waals surface area contributed by atoms with Crippen LogP contribution in [0.1, 0.15) is 26.2 Å². The standard InChI is InChI=1S/C17H21N3O2S/c1-12-5-4-9-19(11-12)15(21)8-10-20-16(22)13-6-2-3-7-14(13)18-17(20)23/h2-3,6-7,12H,4-5,8-11H2,1H3,(H,18,23). The summed E-state index contributed by atoms with van der Waals surface area (Å²) in [6, 6.07) is 7.29. The molecule has 1 fully saturated rings. The fraction of sp³-hybridized carbons (Fsp3) is 0.471. The molecule has 1 aliphatic rings. The predicted octanol–water partition coefficient (Wildman–Crippen LogP) is 2.71. The van der Waals surface area contributed by atoms with E-state index in [9.17, 15) is 9.59 Å².